The number of thiazole rings is 1. The van der Waals surface area contributed by atoms with Crippen LogP contribution in [0.1, 0.15) is 11.3 Å². The summed E-state index contributed by atoms with van der Waals surface area (Å²) in [6, 6.07) is 12.0. The van der Waals surface area contributed by atoms with Gasteiger partial charge in [-0.2, -0.15) is 4.31 Å². The van der Waals surface area contributed by atoms with Gasteiger partial charge in [0.25, 0.3) is 0 Å². The average molecular weight is 494 g/mol. The third kappa shape index (κ3) is 4.85. The smallest absolute Gasteiger partial charge is 0.243 e. The maximum atomic E-state index is 12.9. The largest absolute Gasteiger partial charge is 0.497 e. The zero-order chi connectivity index (χ0) is 22.7. The molecule has 1 aliphatic heterocycles. The standard InChI is InChI=1S/C22H24ClN3O4S2/c1-29-19-5-8-21(30-2)16(14-19)13-18-15-31-22(24-18)25-9-11-26(12-10-25)32(27,28)20-6-3-17(23)4-7-20/h3-8,14-15H,9-13H2,1-2H3. The SMILES string of the molecule is COc1ccc(OC)c(Cc2csc(N3CCN(S(=O)(=O)c4ccc(Cl)cc4)CC3)n2)c1. The Morgan fingerprint density at radius 2 is 1.75 bits per heavy atom. The molecule has 0 spiro atoms. The fraction of sp³-hybridized carbons (Fsp3) is 0.318. The number of hydrogen-bond acceptors (Lipinski definition) is 7. The minimum absolute atomic E-state index is 0.263. The van der Waals surface area contributed by atoms with Crippen LogP contribution >= 0.6 is 22.9 Å². The van der Waals surface area contributed by atoms with Crippen molar-refractivity contribution in [1.82, 2.24) is 9.29 Å². The van der Waals surface area contributed by atoms with Crippen molar-refractivity contribution >= 4 is 38.1 Å². The minimum atomic E-state index is -3.53. The first kappa shape index (κ1) is 22.8. The van der Waals surface area contributed by atoms with Gasteiger partial charge < -0.3 is 14.4 Å². The third-order valence-electron chi connectivity index (χ3n) is 5.36. The average Bonchev–Trinajstić information content (AvgIpc) is 3.28. The zero-order valence-electron chi connectivity index (χ0n) is 17.8. The summed E-state index contributed by atoms with van der Waals surface area (Å²) in [7, 11) is -0.243. The maximum absolute atomic E-state index is 12.9. The molecule has 0 N–H and O–H groups in total. The Morgan fingerprint density at radius 1 is 1.03 bits per heavy atom. The Morgan fingerprint density at radius 3 is 2.41 bits per heavy atom. The number of hydrogen-bond donors (Lipinski definition) is 0. The number of sulfonamides is 1. The molecule has 170 valence electrons. The Labute approximate surface area is 197 Å². The first-order valence-electron chi connectivity index (χ1n) is 10.1. The lowest BCUT2D eigenvalue weighted by Crippen LogP contribution is -2.48. The predicted octanol–water partition coefficient (Wildman–Crippen LogP) is 3.92. The van der Waals surface area contributed by atoms with Crippen LogP contribution in [0.2, 0.25) is 5.02 Å². The van der Waals surface area contributed by atoms with Gasteiger partial charge in [-0.3, -0.25) is 0 Å². The van der Waals surface area contributed by atoms with Crippen LogP contribution in [0.25, 0.3) is 0 Å². The van der Waals surface area contributed by atoms with E-state index in [0.29, 0.717) is 37.6 Å². The normalized spacial score (nSPS) is 15.0. The summed E-state index contributed by atoms with van der Waals surface area (Å²) >= 11 is 7.45. The van der Waals surface area contributed by atoms with Crippen molar-refractivity contribution in [2.24, 2.45) is 0 Å². The maximum Gasteiger partial charge on any atom is 0.243 e. The van der Waals surface area contributed by atoms with Crippen LogP contribution in [0.3, 0.4) is 0 Å². The lowest BCUT2D eigenvalue weighted by atomic mass is 10.1. The van der Waals surface area contributed by atoms with E-state index < -0.39 is 10.0 Å². The van der Waals surface area contributed by atoms with Crippen LogP contribution in [0, 0.1) is 0 Å². The summed E-state index contributed by atoms with van der Waals surface area (Å²) in [6.45, 7) is 1.98. The van der Waals surface area contributed by atoms with E-state index in [9.17, 15) is 8.42 Å². The Hall–Kier alpha value is -2.33. The number of piperazine rings is 1. The van der Waals surface area contributed by atoms with Gasteiger partial charge in [0, 0.05) is 48.6 Å². The lowest BCUT2D eigenvalue weighted by molar-refractivity contribution is 0.384. The molecule has 0 atom stereocenters. The Bertz CT molecular complexity index is 1170. The molecular formula is C22H24ClN3O4S2. The molecule has 2 heterocycles. The van der Waals surface area contributed by atoms with E-state index in [1.54, 1.807) is 49.8 Å². The van der Waals surface area contributed by atoms with E-state index >= 15 is 0 Å². The van der Waals surface area contributed by atoms with Gasteiger partial charge >= 0.3 is 0 Å². The number of nitrogens with zero attached hydrogens (tertiary/aromatic N) is 3. The molecule has 32 heavy (non-hydrogen) atoms. The van der Waals surface area contributed by atoms with Crippen LogP contribution in [0.4, 0.5) is 5.13 Å². The minimum Gasteiger partial charge on any atom is -0.497 e. The fourth-order valence-electron chi connectivity index (χ4n) is 3.61. The molecule has 7 nitrogen and oxygen atoms in total. The highest BCUT2D eigenvalue weighted by molar-refractivity contribution is 7.89. The van der Waals surface area contributed by atoms with Gasteiger partial charge in [-0.15, -0.1) is 11.3 Å². The zero-order valence-corrected chi connectivity index (χ0v) is 20.2. The number of rotatable bonds is 7. The van der Waals surface area contributed by atoms with E-state index in [0.717, 1.165) is 27.9 Å². The molecule has 0 bridgehead atoms. The number of methoxy groups -OCH3 is 2. The van der Waals surface area contributed by atoms with Gasteiger partial charge in [-0.1, -0.05) is 11.6 Å². The van der Waals surface area contributed by atoms with Gasteiger partial charge in [-0.05, 0) is 42.5 Å². The summed E-state index contributed by atoms with van der Waals surface area (Å²) in [5.41, 5.74) is 1.94. The second kappa shape index (κ2) is 9.66. The highest BCUT2D eigenvalue weighted by atomic mass is 35.5. The van der Waals surface area contributed by atoms with Crippen LogP contribution in [-0.2, 0) is 16.4 Å². The first-order valence-corrected chi connectivity index (χ1v) is 12.8. The van der Waals surface area contributed by atoms with Gasteiger partial charge in [0.2, 0.25) is 10.0 Å². The summed E-state index contributed by atoms with van der Waals surface area (Å²) in [6.07, 6.45) is 0.627. The van der Waals surface area contributed by atoms with Gasteiger partial charge in [0.1, 0.15) is 11.5 Å². The Kier molecular flexibility index (Phi) is 6.90. The molecule has 0 radical (unpaired) electrons. The summed E-state index contributed by atoms with van der Waals surface area (Å²) in [5, 5.41) is 3.44. The topological polar surface area (TPSA) is 72.0 Å². The van der Waals surface area contributed by atoms with Crippen molar-refractivity contribution in [2.75, 3.05) is 45.3 Å². The molecule has 1 aliphatic rings. The van der Waals surface area contributed by atoms with Crippen molar-refractivity contribution in [1.29, 1.82) is 0 Å². The van der Waals surface area contributed by atoms with Crippen molar-refractivity contribution in [2.45, 2.75) is 11.3 Å². The first-order chi connectivity index (χ1) is 15.4. The van der Waals surface area contributed by atoms with Gasteiger partial charge in [-0.25, -0.2) is 13.4 Å². The summed E-state index contributed by atoms with van der Waals surface area (Å²) in [5.74, 6) is 1.57. The fourth-order valence-corrected chi connectivity index (χ4v) is 6.04. The molecule has 0 aliphatic carbocycles. The molecule has 1 fully saturated rings. The van der Waals surface area contributed by atoms with E-state index in [-0.39, 0.29) is 4.90 Å². The summed E-state index contributed by atoms with van der Waals surface area (Å²) in [4.78, 5) is 7.17. The number of benzene rings is 2. The van der Waals surface area contributed by atoms with Crippen molar-refractivity contribution in [3.63, 3.8) is 0 Å². The molecule has 10 heteroatoms. The van der Waals surface area contributed by atoms with Crippen molar-refractivity contribution in [3.05, 3.63) is 64.1 Å². The van der Waals surface area contributed by atoms with Crippen LogP contribution < -0.4 is 14.4 Å². The van der Waals surface area contributed by atoms with Crippen molar-refractivity contribution < 1.29 is 17.9 Å². The quantitative estimate of drug-likeness (QED) is 0.497. The molecule has 0 unspecified atom stereocenters. The number of anilines is 1. The number of aromatic nitrogens is 1. The number of ether oxygens (including phenoxy) is 2. The lowest BCUT2D eigenvalue weighted by Gasteiger charge is -2.33. The molecule has 3 aromatic rings. The molecule has 2 aromatic carbocycles. The molecular weight excluding hydrogens is 470 g/mol. The predicted molar refractivity (Wildman–Crippen MR) is 127 cm³/mol. The highest BCUT2D eigenvalue weighted by Gasteiger charge is 2.29. The highest BCUT2D eigenvalue weighted by Crippen LogP contribution is 2.29. The van der Waals surface area contributed by atoms with Crippen molar-refractivity contribution in [3.8, 4) is 11.5 Å². The van der Waals surface area contributed by atoms with Gasteiger partial charge in [0.15, 0.2) is 5.13 Å². The molecule has 0 amide bonds. The Balaban J connectivity index is 1.42. The van der Waals surface area contributed by atoms with E-state index in [2.05, 4.69) is 4.90 Å². The molecule has 0 saturated carbocycles. The monoisotopic (exact) mass is 493 g/mol. The molecule has 4 rings (SSSR count). The second-order valence-electron chi connectivity index (χ2n) is 7.32. The number of halogens is 1. The molecule has 1 saturated heterocycles. The van der Waals surface area contributed by atoms with Crippen LogP contribution in [0.5, 0.6) is 11.5 Å². The van der Waals surface area contributed by atoms with E-state index in [1.807, 2.05) is 23.6 Å². The summed E-state index contributed by atoms with van der Waals surface area (Å²) < 4.78 is 38.1. The molecule has 1 aromatic heterocycles. The van der Waals surface area contributed by atoms with E-state index in [4.69, 9.17) is 26.1 Å². The van der Waals surface area contributed by atoms with Crippen LogP contribution in [0.15, 0.2) is 52.7 Å². The van der Waals surface area contributed by atoms with Crippen LogP contribution in [-0.4, -0.2) is 58.1 Å². The second-order valence-corrected chi connectivity index (χ2v) is 10.5. The van der Waals surface area contributed by atoms with E-state index in [1.165, 1.54) is 4.31 Å². The van der Waals surface area contributed by atoms with Gasteiger partial charge in [0.05, 0.1) is 24.8 Å². The third-order valence-corrected chi connectivity index (χ3v) is 8.47.